The van der Waals surface area contributed by atoms with Gasteiger partial charge in [0.15, 0.2) is 0 Å². The standard InChI is InChI=1S/C25H21Cl2N3O4/c1-15(2)17-12-11-16(14-23(17)30(33)34)13-18(24(31)28-21-9-5-3-7-19(21)26)25(32)29-22-10-6-4-8-20(22)27/h3-15H,1-2H3,(H,28,31)(H,29,32). The number of benzene rings is 3. The van der Waals surface area contributed by atoms with E-state index in [1.807, 2.05) is 13.8 Å². The van der Waals surface area contributed by atoms with Crippen LogP contribution in [0.15, 0.2) is 72.3 Å². The van der Waals surface area contributed by atoms with Crippen LogP contribution >= 0.6 is 23.2 Å². The fourth-order valence-electron chi connectivity index (χ4n) is 3.20. The van der Waals surface area contributed by atoms with Crippen LogP contribution < -0.4 is 10.6 Å². The molecule has 0 unspecified atom stereocenters. The van der Waals surface area contributed by atoms with Crippen LogP contribution in [0.3, 0.4) is 0 Å². The van der Waals surface area contributed by atoms with Gasteiger partial charge in [0.25, 0.3) is 17.5 Å². The largest absolute Gasteiger partial charge is 0.320 e. The summed E-state index contributed by atoms with van der Waals surface area (Å²) in [4.78, 5) is 37.3. The van der Waals surface area contributed by atoms with Crippen molar-refractivity contribution in [2.75, 3.05) is 10.6 Å². The van der Waals surface area contributed by atoms with Crippen molar-refractivity contribution in [1.29, 1.82) is 0 Å². The zero-order chi connectivity index (χ0) is 24.8. The molecule has 0 bridgehead atoms. The van der Waals surface area contributed by atoms with E-state index >= 15 is 0 Å². The lowest BCUT2D eigenvalue weighted by molar-refractivity contribution is -0.385. The second-order valence-electron chi connectivity index (χ2n) is 7.66. The number of rotatable bonds is 7. The molecule has 0 heterocycles. The average Bonchev–Trinajstić information content (AvgIpc) is 2.80. The molecule has 3 aromatic rings. The van der Waals surface area contributed by atoms with Gasteiger partial charge in [0.05, 0.1) is 26.3 Å². The molecular weight excluding hydrogens is 477 g/mol. The summed E-state index contributed by atoms with van der Waals surface area (Å²) >= 11 is 12.3. The Kier molecular flexibility index (Phi) is 8.04. The Morgan fingerprint density at radius 1 is 0.882 bits per heavy atom. The van der Waals surface area contributed by atoms with E-state index in [0.29, 0.717) is 32.5 Å². The lowest BCUT2D eigenvalue weighted by Crippen LogP contribution is -2.25. The molecule has 0 aliphatic heterocycles. The molecule has 0 saturated carbocycles. The van der Waals surface area contributed by atoms with E-state index in [4.69, 9.17) is 23.2 Å². The fourth-order valence-corrected chi connectivity index (χ4v) is 3.57. The number of hydrogen-bond acceptors (Lipinski definition) is 4. The summed E-state index contributed by atoms with van der Waals surface area (Å²) in [5.41, 5.74) is 1.10. The number of nitrogens with zero attached hydrogens (tertiary/aromatic N) is 1. The predicted molar refractivity (Wildman–Crippen MR) is 135 cm³/mol. The van der Waals surface area contributed by atoms with Crippen LogP contribution in [-0.2, 0) is 9.59 Å². The second-order valence-corrected chi connectivity index (χ2v) is 8.47. The molecule has 2 amide bonds. The van der Waals surface area contributed by atoms with Crippen molar-refractivity contribution >= 4 is 58.2 Å². The van der Waals surface area contributed by atoms with E-state index < -0.39 is 16.7 Å². The van der Waals surface area contributed by atoms with Crippen LogP contribution in [-0.4, -0.2) is 16.7 Å². The molecule has 0 radical (unpaired) electrons. The maximum atomic E-state index is 13.1. The van der Waals surface area contributed by atoms with Gasteiger partial charge in [0.2, 0.25) is 0 Å². The summed E-state index contributed by atoms with van der Waals surface area (Å²) in [6.45, 7) is 3.69. The van der Waals surface area contributed by atoms with Crippen LogP contribution in [0.2, 0.25) is 10.0 Å². The van der Waals surface area contributed by atoms with E-state index in [2.05, 4.69) is 10.6 Å². The highest BCUT2D eigenvalue weighted by Gasteiger charge is 2.22. The summed E-state index contributed by atoms with van der Waals surface area (Å²) in [6, 6.07) is 17.7. The van der Waals surface area contributed by atoms with Crippen molar-refractivity contribution in [3.05, 3.63) is 104 Å². The zero-order valence-electron chi connectivity index (χ0n) is 18.3. The molecule has 0 aliphatic rings. The Morgan fingerprint density at radius 3 is 1.82 bits per heavy atom. The second kappa shape index (κ2) is 11.0. The Labute approximate surface area is 206 Å². The normalized spacial score (nSPS) is 10.5. The van der Waals surface area contributed by atoms with Crippen LogP contribution in [0.4, 0.5) is 17.1 Å². The quantitative estimate of drug-likeness (QED) is 0.125. The summed E-state index contributed by atoms with van der Waals surface area (Å²) in [7, 11) is 0. The SMILES string of the molecule is CC(C)c1ccc(C=C(C(=O)Nc2ccccc2Cl)C(=O)Nc2ccccc2Cl)cc1[N+](=O)[O-]. The zero-order valence-corrected chi connectivity index (χ0v) is 19.9. The van der Waals surface area contributed by atoms with Gasteiger partial charge in [0, 0.05) is 11.6 Å². The van der Waals surface area contributed by atoms with Gasteiger partial charge < -0.3 is 10.6 Å². The molecule has 2 N–H and O–H groups in total. The molecule has 34 heavy (non-hydrogen) atoms. The van der Waals surface area contributed by atoms with Gasteiger partial charge in [-0.05, 0) is 41.8 Å². The van der Waals surface area contributed by atoms with Crippen molar-refractivity contribution < 1.29 is 14.5 Å². The number of nitro benzene ring substituents is 1. The third-order valence-electron chi connectivity index (χ3n) is 4.92. The lowest BCUT2D eigenvalue weighted by Gasteiger charge is -2.12. The maximum absolute atomic E-state index is 13.1. The van der Waals surface area contributed by atoms with Crippen molar-refractivity contribution in [2.45, 2.75) is 19.8 Å². The number of nitro groups is 1. The number of nitrogens with one attached hydrogen (secondary N) is 2. The number of carbonyl (C=O) groups excluding carboxylic acids is 2. The number of carbonyl (C=O) groups is 2. The van der Waals surface area contributed by atoms with Gasteiger partial charge in [-0.3, -0.25) is 19.7 Å². The molecule has 3 rings (SSSR count). The van der Waals surface area contributed by atoms with E-state index in [0.717, 1.165) is 0 Å². The van der Waals surface area contributed by atoms with Crippen molar-refractivity contribution in [3.63, 3.8) is 0 Å². The molecular formula is C25H21Cl2N3O4. The first-order valence-electron chi connectivity index (χ1n) is 10.3. The minimum atomic E-state index is -0.742. The van der Waals surface area contributed by atoms with E-state index in [9.17, 15) is 19.7 Å². The van der Waals surface area contributed by atoms with Gasteiger partial charge in [-0.1, -0.05) is 73.4 Å². The summed E-state index contributed by atoms with van der Waals surface area (Å²) in [5, 5.41) is 17.4. The van der Waals surface area contributed by atoms with Crippen molar-refractivity contribution in [1.82, 2.24) is 0 Å². The highest BCUT2D eigenvalue weighted by molar-refractivity contribution is 6.36. The number of para-hydroxylation sites is 2. The van der Waals surface area contributed by atoms with E-state index in [-0.39, 0.29) is 17.2 Å². The van der Waals surface area contributed by atoms with Crippen LogP contribution in [0.25, 0.3) is 6.08 Å². The number of hydrogen-bond donors (Lipinski definition) is 2. The van der Waals surface area contributed by atoms with Crippen LogP contribution in [0.5, 0.6) is 0 Å². The Morgan fingerprint density at radius 2 is 1.38 bits per heavy atom. The first-order valence-corrected chi connectivity index (χ1v) is 11.0. The minimum absolute atomic E-state index is 0.0788. The van der Waals surface area contributed by atoms with Gasteiger partial charge in [-0.15, -0.1) is 0 Å². The molecule has 0 fully saturated rings. The van der Waals surface area contributed by atoms with Crippen LogP contribution in [0, 0.1) is 10.1 Å². The summed E-state index contributed by atoms with van der Waals surface area (Å²) in [6.07, 6.45) is 1.29. The summed E-state index contributed by atoms with van der Waals surface area (Å²) < 4.78 is 0. The minimum Gasteiger partial charge on any atom is -0.320 e. The molecule has 0 atom stereocenters. The maximum Gasteiger partial charge on any atom is 0.273 e. The number of amides is 2. The Bertz CT molecular complexity index is 1230. The molecule has 0 aromatic heterocycles. The lowest BCUT2D eigenvalue weighted by atomic mass is 9.98. The first kappa shape index (κ1) is 25.0. The number of halogens is 2. The highest BCUT2D eigenvalue weighted by Crippen LogP contribution is 2.29. The molecule has 174 valence electrons. The third-order valence-corrected chi connectivity index (χ3v) is 5.58. The summed E-state index contributed by atoms with van der Waals surface area (Å²) in [5.74, 6) is -1.56. The van der Waals surface area contributed by atoms with Gasteiger partial charge >= 0.3 is 0 Å². The third kappa shape index (κ3) is 6.01. The molecule has 0 saturated heterocycles. The Balaban J connectivity index is 2.04. The monoisotopic (exact) mass is 497 g/mol. The number of anilines is 2. The van der Waals surface area contributed by atoms with E-state index in [1.165, 1.54) is 12.1 Å². The van der Waals surface area contributed by atoms with Gasteiger partial charge in [0.1, 0.15) is 5.57 Å². The molecule has 9 heteroatoms. The average molecular weight is 498 g/mol. The van der Waals surface area contributed by atoms with Gasteiger partial charge in [-0.2, -0.15) is 0 Å². The molecule has 0 spiro atoms. The predicted octanol–water partition coefficient (Wildman–Crippen LogP) is 6.69. The van der Waals surface area contributed by atoms with E-state index in [1.54, 1.807) is 60.7 Å². The molecule has 0 aliphatic carbocycles. The van der Waals surface area contributed by atoms with Crippen molar-refractivity contribution in [3.8, 4) is 0 Å². The topological polar surface area (TPSA) is 101 Å². The Hall–Kier alpha value is -3.68. The van der Waals surface area contributed by atoms with Gasteiger partial charge in [-0.25, -0.2) is 0 Å². The highest BCUT2D eigenvalue weighted by atomic mass is 35.5. The fraction of sp³-hybridized carbons (Fsp3) is 0.120. The molecule has 7 nitrogen and oxygen atoms in total. The van der Waals surface area contributed by atoms with Crippen LogP contribution in [0.1, 0.15) is 30.9 Å². The molecule has 3 aromatic carbocycles. The van der Waals surface area contributed by atoms with Crippen molar-refractivity contribution in [2.24, 2.45) is 0 Å². The first-order chi connectivity index (χ1) is 16.2. The smallest absolute Gasteiger partial charge is 0.273 e.